The number of halogens is 2. The summed E-state index contributed by atoms with van der Waals surface area (Å²) in [6, 6.07) is 20.3. The number of hydrazone groups is 1. The Labute approximate surface area is 175 Å². The third-order valence-electron chi connectivity index (χ3n) is 3.67. The van der Waals surface area contributed by atoms with Crippen molar-refractivity contribution in [3.05, 3.63) is 99.0 Å². The molecule has 0 spiro atoms. The zero-order valence-corrected chi connectivity index (χ0v) is 16.8. The van der Waals surface area contributed by atoms with Crippen molar-refractivity contribution in [2.24, 2.45) is 5.10 Å². The summed E-state index contributed by atoms with van der Waals surface area (Å²) in [7, 11) is 0. The molecule has 0 bridgehead atoms. The second-order valence-corrected chi connectivity index (χ2v) is 6.94. The minimum atomic E-state index is -0.455. The molecule has 0 aromatic heterocycles. The summed E-state index contributed by atoms with van der Waals surface area (Å²) >= 11 is 9.12. The van der Waals surface area contributed by atoms with Gasteiger partial charge in [0.05, 0.1) is 11.8 Å². The first-order chi connectivity index (χ1) is 13.5. The zero-order valence-electron chi connectivity index (χ0n) is 14.4. The number of esters is 1. The van der Waals surface area contributed by atoms with Gasteiger partial charge in [0, 0.05) is 15.1 Å². The Kier molecular flexibility index (Phi) is 6.57. The quantitative estimate of drug-likeness (QED) is 0.251. The van der Waals surface area contributed by atoms with Gasteiger partial charge >= 0.3 is 5.97 Å². The molecule has 0 heterocycles. The van der Waals surface area contributed by atoms with E-state index in [0.29, 0.717) is 26.4 Å². The smallest absolute Gasteiger partial charge is 0.344 e. The Morgan fingerprint density at radius 1 is 0.964 bits per heavy atom. The van der Waals surface area contributed by atoms with Gasteiger partial charge in [-0.25, -0.2) is 10.2 Å². The van der Waals surface area contributed by atoms with Gasteiger partial charge < -0.3 is 4.74 Å². The number of carbonyl (C=O) groups is 2. The van der Waals surface area contributed by atoms with Crippen molar-refractivity contribution in [2.45, 2.75) is 0 Å². The molecular formula is C21H14BrClN2O3. The second-order valence-electron chi connectivity index (χ2n) is 5.64. The minimum absolute atomic E-state index is 0.341. The lowest BCUT2D eigenvalue weighted by Crippen LogP contribution is -2.17. The average Bonchev–Trinajstić information content (AvgIpc) is 2.70. The number of amides is 1. The Morgan fingerprint density at radius 2 is 1.64 bits per heavy atom. The summed E-state index contributed by atoms with van der Waals surface area (Å²) in [6.45, 7) is 0. The molecule has 1 amide bonds. The molecule has 0 aliphatic carbocycles. The summed E-state index contributed by atoms with van der Waals surface area (Å²) in [5.41, 5.74) is 4.07. The van der Waals surface area contributed by atoms with Crippen molar-refractivity contribution in [3.8, 4) is 5.75 Å². The molecule has 7 heteroatoms. The van der Waals surface area contributed by atoms with Gasteiger partial charge in [0.15, 0.2) is 0 Å². The molecule has 140 valence electrons. The van der Waals surface area contributed by atoms with E-state index in [1.54, 1.807) is 66.7 Å². The van der Waals surface area contributed by atoms with Crippen LogP contribution in [0.3, 0.4) is 0 Å². The first kappa shape index (κ1) is 19.8. The SMILES string of the molecule is O=C(N/N=C\c1ccc(OC(=O)c2ccccc2Br)cc1)c1ccc(Cl)cc1. The van der Waals surface area contributed by atoms with Crippen LogP contribution in [-0.4, -0.2) is 18.1 Å². The van der Waals surface area contributed by atoms with Gasteiger partial charge in [0.1, 0.15) is 5.75 Å². The molecule has 3 aromatic rings. The van der Waals surface area contributed by atoms with Crippen molar-refractivity contribution >= 4 is 45.6 Å². The maximum Gasteiger partial charge on any atom is 0.344 e. The van der Waals surface area contributed by atoms with Crippen molar-refractivity contribution in [2.75, 3.05) is 0 Å². The van der Waals surface area contributed by atoms with Crippen LogP contribution in [0.5, 0.6) is 5.75 Å². The van der Waals surface area contributed by atoms with Crippen LogP contribution in [0.15, 0.2) is 82.4 Å². The molecule has 0 atom stereocenters. The maximum atomic E-state index is 12.2. The lowest BCUT2D eigenvalue weighted by atomic mass is 10.2. The highest BCUT2D eigenvalue weighted by Crippen LogP contribution is 2.19. The lowest BCUT2D eigenvalue weighted by Gasteiger charge is -2.06. The van der Waals surface area contributed by atoms with E-state index >= 15 is 0 Å². The van der Waals surface area contributed by atoms with Crippen LogP contribution >= 0.6 is 27.5 Å². The molecule has 0 fully saturated rings. The summed E-state index contributed by atoms with van der Waals surface area (Å²) < 4.78 is 6.02. The molecule has 0 saturated carbocycles. The normalized spacial score (nSPS) is 10.6. The van der Waals surface area contributed by atoms with Crippen LogP contribution in [-0.2, 0) is 0 Å². The highest BCUT2D eigenvalue weighted by Gasteiger charge is 2.11. The zero-order chi connectivity index (χ0) is 19.9. The predicted octanol–water partition coefficient (Wildman–Crippen LogP) is 5.09. The topological polar surface area (TPSA) is 67.8 Å². The molecule has 28 heavy (non-hydrogen) atoms. The molecule has 5 nitrogen and oxygen atoms in total. The maximum absolute atomic E-state index is 12.2. The molecule has 3 aromatic carbocycles. The van der Waals surface area contributed by atoms with Crippen molar-refractivity contribution < 1.29 is 14.3 Å². The van der Waals surface area contributed by atoms with E-state index in [1.165, 1.54) is 6.21 Å². The lowest BCUT2D eigenvalue weighted by molar-refractivity contribution is 0.0733. The summed E-state index contributed by atoms with van der Waals surface area (Å²) in [5, 5.41) is 4.47. The Balaban J connectivity index is 1.57. The van der Waals surface area contributed by atoms with Crippen molar-refractivity contribution in [1.82, 2.24) is 5.43 Å². The van der Waals surface area contributed by atoms with Crippen LogP contribution in [0.2, 0.25) is 5.02 Å². The minimum Gasteiger partial charge on any atom is -0.423 e. The highest BCUT2D eigenvalue weighted by atomic mass is 79.9. The first-order valence-corrected chi connectivity index (χ1v) is 9.36. The second kappa shape index (κ2) is 9.30. The molecule has 0 aliphatic rings. The van der Waals surface area contributed by atoms with E-state index in [0.717, 1.165) is 5.56 Å². The van der Waals surface area contributed by atoms with Crippen molar-refractivity contribution in [3.63, 3.8) is 0 Å². The fraction of sp³-hybridized carbons (Fsp3) is 0. The molecule has 0 unspecified atom stereocenters. The molecule has 0 saturated heterocycles. The van der Waals surface area contributed by atoms with E-state index < -0.39 is 5.97 Å². The van der Waals surface area contributed by atoms with Crippen molar-refractivity contribution in [1.29, 1.82) is 0 Å². The third kappa shape index (κ3) is 5.28. The number of nitrogens with zero attached hydrogens (tertiary/aromatic N) is 1. The monoisotopic (exact) mass is 456 g/mol. The van der Waals surface area contributed by atoms with E-state index in [2.05, 4.69) is 26.5 Å². The fourth-order valence-corrected chi connectivity index (χ4v) is 2.81. The van der Waals surface area contributed by atoms with Gasteiger partial charge in [0.2, 0.25) is 0 Å². The van der Waals surface area contributed by atoms with E-state index in [1.807, 2.05) is 6.07 Å². The van der Waals surface area contributed by atoms with E-state index in [-0.39, 0.29) is 5.91 Å². The van der Waals surface area contributed by atoms with Crippen LogP contribution in [0.25, 0.3) is 0 Å². The fourth-order valence-electron chi connectivity index (χ4n) is 2.24. The molecule has 3 rings (SSSR count). The standard InChI is InChI=1S/C21H14BrClN2O3/c22-19-4-2-1-3-18(19)21(27)28-17-11-5-14(6-12-17)13-24-25-20(26)15-7-9-16(23)10-8-15/h1-13H,(H,25,26)/b24-13-. The van der Waals surface area contributed by atoms with Gasteiger partial charge in [-0.15, -0.1) is 0 Å². The summed E-state index contributed by atoms with van der Waals surface area (Å²) in [5.74, 6) is -0.390. The highest BCUT2D eigenvalue weighted by molar-refractivity contribution is 9.10. The number of hydrogen-bond acceptors (Lipinski definition) is 4. The number of ether oxygens (including phenoxy) is 1. The van der Waals surface area contributed by atoms with E-state index in [9.17, 15) is 9.59 Å². The number of hydrogen-bond donors (Lipinski definition) is 1. The number of rotatable bonds is 5. The predicted molar refractivity (Wildman–Crippen MR) is 112 cm³/mol. The largest absolute Gasteiger partial charge is 0.423 e. The number of benzene rings is 3. The molecule has 0 radical (unpaired) electrons. The average molecular weight is 458 g/mol. The van der Waals surface area contributed by atoms with Gasteiger partial charge in [-0.3, -0.25) is 4.79 Å². The van der Waals surface area contributed by atoms with Gasteiger partial charge in [-0.1, -0.05) is 23.7 Å². The Hall–Kier alpha value is -2.96. The van der Waals surface area contributed by atoms with Crippen LogP contribution < -0.4 is 10.2 Å². The Bertz CT molecular complexity index is 1020. The van der Waals surface area contributed by atoms with Gasteiger partial charge in [-0.05, 0) is 82.2 Å². The molecule has 1 N–H and O–H groups in total. The number of nitrogens with one attached hydrogen (secondary N) is 1. The van der Waals surface area contributed by atoms with Crippen LogP contribution in [0.4, 0.5) is 0 Å². The first-order valence-electron chi connectivity index (χ1n) is 8.19. The third-order valence-corrected chi connectivity index (χ3v) is 4.61. The summed E-state index contributed by atoms with van der Waals surface area (Å²) in [4.78, 5) is 24.1. The molecular weight excluding hydrogens is 444 g/mol. The summed E-state index contributed by atoms with van der Waals surface area (Å²) in [6.07, 6.45) is 1.49. The van der Waals surface area contributed by atoms with E-state index in [4.69, 9.17) is 16.3 Å². The molecule has 0 aliphatic heterocycles. The van der Waals surface area contributed by atoms with Crippen LogP contribution in [0, 0.1) is 0 Å². The van der Waals surface area contributed by atoms with Crippen LogP contribution in [0.1, 0.15) is 26.3 Å². The van der Waals surface area contributed by atoms with Gasteiger partial charge in [-0.2, -0.15) is 5.10 Å². The number of carbonyl (C=O) groups excluding carboxylic acids is 2. The van der Waals surface area contributed by atoms with Gasteiger partial charge in [0.25, 0.3) is 5.91 Å². The Morgan fingerprint density at radius 3 is 2.32 bits per heavy atom.